The van der Waals surface area contributed by atoms with Gasteiger partial charge >= 0.3 is 0 Å². The van der Waals surface area contributed by atoms with Gasteiger partial charge in [0, 0.05) is 12.2 Å². The van der Waals surface area contributed by atoms with E-state index in [0.717, 1.165) is 39.2 Å². The van der Waals surface area contributed by atoms with Crippen LogP contribution in [-0.4, -0.2) is 42.5 Å². The highest BCUT2D eigenvalue weighted by Gasteiger charge is 2.09. The van der Waals surface area contributed by atoms with Crippen molar-refractivity contribution in [3.05, 3.63) is 57.5 Å². The van der Waals surface area contributed by atoms with Crippen LogP contribution in [0.4, 0.5) is 10.8 Å². The second-order valence-corrected chi connectivity index (χ2v) is 8.40. The quantitative estimate of drug-likeness (QED) is 0.489. The number of likely N-dealkylation sites (N-methyl/N-ethyl adjacent to an activating group) is 1. The van der Waals surface area contributed by atoms with Gasteiger partial charge in [-0.3, -0.25) is 4.90 Å². The molecule has 3 rings (SSSR count). The summed E-state index contributed by atoms with van der Waals surface area (Å²) in [6, 6.07) is 14.2. The third-order valence-corrected chi connectivity index (χ3v) is 5.82. The largest absolute Gasteiger partial charge is 0.493 e. The van der Waals surface area contributed by atoms with Crippen molar-refractivity contribution in [2.75, 3.05) is 33.1 Å². The summed E-state index contributed by atoms with van der Waals surface area (Å²) in [4.78, 5) is 2.20. The van der Waals surface area contributed by atoms with E-state index in [1.807, 2.05) is 35.0 Å². The lowest BCUT2D eigenvalue weighted by Crippen LogP contribution is -2.25. The van der Waals surface area contributed by atoms with Crippen molar-refractivity contribution in [3.63, 3.8) is 0 Å². The molecule has 0 fully saturated rings. The lowest BCUT2D eigenvalue weighted by atomic mass is 10.1. The van der Waals surface area contributed by atoms with E-state index in [0.29, 0.717) is 6.67 Å². The van der Waals surface area contributed by atoms with E-state index < -0.39 is 0 Å². The van der Waals surface area contributed by atoms with Gasteiger partial charge in [0.25, 0.3) is 0 Å². The van der Waals surface area contributed by atoms with Crippen molar-refractivity contribution in [1.29, 1.82) is 0 Å². The Kier molecular flexibility index (Phi) is 7.24. The number of hydrogen-bond acceptors (Lipinski definition) is 7. The second kappa shape index (κ2) is 9.87. The van der Waals surface area contributed by atoms with E-state index in [2.05, 4.69) is 41.4 Å². The number of anilines is 2. The minimum Gasteiger partial charge on any atom is -0.493 e. The number of para-hydroxylation sites is 1. The summed E-state index contributed by atoms with van der Waals surface area (Å²) in [5.41, 5.74) is 3.41. The number of benzene rings is 2. The number of ether oxygens (including phenoxy) is 2. The summed E-state index contributed by atoms with van der Waals surface area (Å²) < 4.78 is 13.3. The maximum absolute atomic E-state index is 5.50. The van der Waals surface area contributed by atoms with Gasteiger partial charge in [-0.1, -0.05) is 35.6 Å². The Morgan fingerprint density at radius 2 is 1.90 bits per heavy atom. The molecule has 8 heteroatoms. The molecule has 0 spiro atoms. The Morgan fingerprint density at radius 3 is 2.62 bits per heavy atom. The number of rotatable bonds is 9. The fourth-order valence-electron chi connectivity index (χ4n) is 2.93. The van der Waals surface area contributed by atoms with Crippen LogP contribution in [0, 0.1) is 10.9 Å². The molecule has 0 atom stereocenters. The van der Waals surface area contributed by atoms with Crippen LogP contribution in [-0.2, 0) is 13.1 Å². The highest BCUT2D eigenvalue weighted by atomic mass is 32.1. The summed E-state index contributed by atoms with van der Waals surface area (Å²) in [5, 5.41) is 8.80. The van der Waals surface area contributed by atoms with Gasteiger partial charge in [0.1, 0.15) is 0 Å². The molecule has 0 unspecified atom stereocenters. The zero-order valence-corrected chi connectivity index (χ0v) is 18.8. The van der Waals surface area contributed by atoms with Gasteiger partial charge < -0.3 is 14.8 Å². The first kappa shape index (κ1) is 21.3. The predicted octanol–water partition coefficient (Wildman–Crippen LogP) is 4.88. The Labute approximate surface area is 180 Å². The van der Waals surface area contributed by atoms with Crippen molar-refractivity contribution in [3.8, 4) is 11.5 Å². The highest BCUT2D eigenvalue weighted by Crippen LogP contribution is 2.28. The predicted molar refractivity (Wildman–Crippen MR) is 121 cm³/mol. The monoisotopic (exact) mass is 430 g/mol. The Balaban J connectivity index is 1.60. The zero-order chi connectivity index (χ0) is 20.8. The molecule has 6 nitrogen and oxygen atoms in total. The molecule has 3 aromatic rings. The standard InChI is InChI=1S/C21H26N4O2S2/c1-15-7-5-6-8-17(15)22-20-23-25(21(28)29-20)14-24(2)12-11-16-9-10-18(26-3)19(13-16)27-4/h5-10,13H,11-12,14H2,1-4H3,(H,22,23). The minimum absolute atomic E-state index is 0.637. The number of methoxy groups -OCH3 is 2. The number of aromatic nitrogens is 2. The van der Waals surface area contributed by atoms with Gasteiger partial charge in [-0.15, -0.1) is 5.10 Å². The molecule has 0 aliphatic carbocycles. The number of nitrogens with one attached hydrogen (secondary N) is 1. The van der Waals surface area contributed by atoms with E-state index in [9.17, 15) is 0 Å². The average Bonchev–Trinajstić information content (AvgIpc) is 3.06. The third kappa shape index (κ3) is 5.56. The molecule has 0 amide bonds. The second-order valence-electron chi connectivity index (χ2n) is 6.77. The molecule has 2 aromatic carbocycles. The van der Waals surface area contributed by atoms with Crippen molar-refractivity contribution in [1.82, 2.24) is 14.7 Å². The zero-order valence-electron chi connectivity index (χ0n) is 17.1. The van der Waals surface area contributed by atoms with E-state index in [4.69, 9.17) is 21.7 Å². The van der Waals surface area contributed by atoms with Gasteiger partial charge in [-0.2, -0.15) is 0 Å². The van der Waals surface area contributed by atoms with E-state index in [1.165, 1.54) is 22.5 Å². The number of nitrogens with zero attached hydrogens (tertiary/aromatic N) is 3. The van der Waals surface area contributed by atoms with Crippen molar-refractivity contribution < 1.29 is 9.47 Å². The van der Waals surface area contributed by atoms with E-state index >= 15 is 0 Å². The number of hydrogen-bond donors (Lipinski definition) is 1. The molecule has 154 valence electrons. The van der Waals surface area contributed by atoms with Crippen LogP contribution in [0.25, 0.3) is 0 Å². The van der Waals surface area contributed by atoms with Gasteiger partial charge in [0.15, 0.2) is 15.5 Å². The van der Waals surface area contributed by atoms with Crippen LogP contribution >= 0.6 is 23.6 Å². The van der Waals surface area contributed by atoms with Crippen molar-refractivity contribution in [2.24, 2.45) is 0 Å². The minimum atomic E-state index is 0.637. The van der Waals surface area contributed by atoms with E-state index in [-0.39, 0.29) is 0 Å². The lowest BCUT2D eigenvalue weighted by Gasteiger charge is -2.17. The normalized spacial score (nSPS) is 10.9. The molecule has 1 heterocycles. The molecule has 1 aromatic heterocycles. The first-order valence-electron chi connectivity index (χ1n) is 9.30. The topological polar surface area (TPSA) is 51.5 Å². The van der Waals surface area contributed by atoms with Crippen LogP contribution in [0.1, 0.15) is 11.1 Å². The molecular formula is C21H26N4O2S2. The fourth-order valence-corrected chi connectivity index (χ4v) is 3.94. The van der Waals surface area contributed by atoms with Gasteiger partial charge in [-0.05, 0) is 61.9 Å². The molecule has 0 saturated heterocycles. The van der Waals surface area contributed by atoms with Crippen LogP contribution in [0.2, 0.25) is 0 Å². The highest BCUT2D eigenvalue weighted by molar-refractivity contribution is 7.73. The molecule has 0 aliphatic rings. The summed E-state index contributed by atoms with van der Waals surface area (Å²) in [7, 11) is 5.36. The molecule has 0 bridgehead atoms. The molecule has 0 saturated carbocycles. The third-order valence-electron chi connectivity index (χ3n) is 4.60. The Hall–Kier alpha value is -2.42. The number of aryl methyl sites for hydroxylation is 1. The molecule has 0 radical (unpaired) electrons. The van der Waals surface area contributed by atoms with Crippen LogP contribution in [0.5, 0.6) is 11.5 Å². The maximum atomic E-state index is 5.50. The molecular weight excluding hydrogens is 404 g/mol. The van der Waals surface area contributed by atoms with Gasteiger partial charge in [-0.25, -0.2) is 4.68 Å². The maximum Gasteiger partial charge on any atom is 0.209 e. The lowest BCUT2D eigenvalue weighted by molar-refractivity contribution is 0.256. The fraction of sp³-hybridized carbons (Fsp3) is 0.333. The van der Waals surface area contributed by atoms with Gasteiger partial charge in [0.2, 0.25) is 5.13 Å². The van der Waals surface area contributed by atoms with Crippen molar-refractivity contribution >= 4 is 34.4 Å². The molecule has 29 heavy (non-hydrogen) atoms. The average molecular weight is 431 g/mol. The first-order chi connectivity index (χ1) is 14.0. The first-order valence-corrected chi connectivity index (χ1v) is 10.5. The smallest absolute Gasteiger partial charge is 0.209 e. The summed E-state index contributed by atoms with van der Waals surface area (Å²) in [5.74, 6) is 1.49. The van der Waals surface area contributed by atoms with Gasteiger partial charge in [0.05, 0.1) is 20.9 Å². The Morgan fingerprint density at radius 1 is 1.14 bits per heavy atom. The van der Waals surface area contributed by atoms with E-state index in [1.54, 1.807) is 14.2 Å². The summed E-state index contributed by atoms with van der Waals surface area (Å²) in [6.07, 6.45) is 0.891. The summed E-state index contributed by atoms with van der Waals surface area (Å²) in [6.45, 7) is 3.58. The van der Waals surface area contributed by atoms with Crippen LogP contribution in [0.15, 0.2) is 42.5 Å². The molecule has 0 aliphatic heterocycles. The van der Waals surface area contributed by atoms with Crippen LogP contribution < -0.4 is 14.8 Å². The van der Waals surface area contributed by atoms with Crippen molar-refractivity contribution in [2.45, 2.75) is 20.0 Å². The molecule has 1 N–H and O–H groups in total. The van der Waals surface area contributed by atoms with Crippen LogP contribution in [0.3, 0.4) is 0 Å². The SMILES string of the molecule is COc1ccc(CCN(C)Cn2nc(Nc3ccccc3C)sc2=S)cc1OC. The Bertz CT molecular complexity index is 1020. The summed E-state index contributed by atoms with van der Waals surface area (Å²) >= 11 is 6.98.